The minimum absolute atomic E-state index is 0. The van der Waals surface area contributed by atoms with Gasteiger partial charge in [0, 0.05) is 57.6 Å². The molecule has 0 unspecified atom stereocenters. The summed E-state index contributed by atoms with van der Waals surface area (Å²) in [5.74, 6) is 2.99. The first-order chi connectivity index (χ1) is 16.5. The third-order valence-electron chi connectivity index (χ3n) is 6.99. The summed E-state index contributed by atoms with van der Waals surface area (Å²) >= 11 is 6.88. The van der Waals surface area contributed by atoms with E-state index in [0.717, 1.165) is 57.3 Å². The average molecular weight is 604 g/mol. The van der Waals surface area contributed by atoms with Crippen LogP contribution in [0.4, 0.5) is 0 Å². The fraction of sp³-hybridized carbons (Fsp3) is 0.357. The zero-order valence-corrected chi connectivity index (χ0v) is 22.5. The number of allylic oxidation sites excluding steroid dienone is 2. The third-order valence-corrected chi connectivity index (χ3v) is 8.04. The van der Waals surface area contributed by atoms with Crippen molar-refractivity contribution in [3.63, 3.8) is 0 Å². The monoisotopic (exact) mass is 602 g/mol. The second-order valence-corrected chi connectivity index (χ2v) is 10.8. The summed E-state index contributed by atoms with van der Waals surface area (Å²) in [7, 11) is 0. The molecule has 0 amide bonds. The second kappa shape index (κ2) is 11.2. The molecular weight excluding hydrogens is 576 g/mol. The highest BCUT2D eigenvalue weighted by Crippen LogP contribution is 2.42. The van der Waals surface area contributed by atoms with Gasteiger partial charge in [-0.15, -0.1) is 0 Å². The lowest BCUT2D eigenvalue weighted by Gasteiger charge is -2.23. The quantitative estimate of drug-likeness (QED) is 0.402. The zero-order chi connectivity index (χ0) is 23.7. The molecule has 7 heteroatoms. The van der Waals surface area contributed by atoms with Crippen LogP contribution in [0, 0.1) is 0 Å². The van der Waals surface area contributed by atoms with Crippen molar-refractivity contribution in [1.82, 2.24) is 0 Å². The van der Waals surface area contributed by atoms with Crippen LogP contribution in [-0.2, 0) is 19.1 Å². The molecule has 0 saturated heterocycles. The Hall–Kier alpha value is -2.22. The molecule has 0 spiro atoms. The molecule has 2 aliphatic carbocycles. The van der Waals surface area contributed by atoms with Gasteiger partial charge >= 0.3 is 0 Å². The molecule has 4 aliphatic rings. The molecular formula is C28H28Br2O5. The van der Waals surface area contributed by atoms with Crippen molar-refractivity contribution in [2.24, 2.45) is 0 Å². The van der Waals surface area contributed by atoms with Gasteiger partial charge < -0.3 is 14.9 Å². The standard InChI is InChI=1S/2C14H13BrO2.H2O/c2*15-10-3-1-9(2-4-10)11-5-6-13(16)12-7-8-17-14(11)12;/h2*1-4,11H,5-8H2;1H2/t2*11-;/m11./s1. The Bertz CT molecular complexity index is 1070. The van der Waals surface area contributed by atoms with Crippen LogP contribution in [0.5, 0.6) is 0 Å². The van der Waals surface area contributed by atoms with Crippen molar-refractivity contribution in [1.29, 1.82) is 0 Å². The summed E-state index contributed by atoms with van der Waals surface area (Å²) in [5, 5.41) is 0. The molecule has 184 valence electrons. The van der Waals surface area contributed by atoms with E-state index in [1.807, 2.05) is 24.3 Å². The predicted molar refractivity (Wildman–Crippen MR) is 141 cm³/mol. The molecule has 2 aliphatic heterocycles. The third kappa shape index (κ3) is 5.47. The molecule has 2 aromatic carbocycles. The summed E-state index contributed by atoms with van der Waals surface area (Å²) in [6, 6.07) is 16.6. The molecule has 5 nitrogen and oxygen atoms in total. The predicted octanol–water partition coefficient (Wildman–Crippen LogP) is 6.32. The fourth-order valence-electron chi connectivity index (χ4n) is 5.26. The summed E-state index contributed by atoms with van der Waals surface area (Å²) in [5.41, 5.74) is 4.36. The molecule has 2 N–H and O–H groups in total. The molecule has 2 heterocycles. The van der Waals surface area contributed by atoms with Crippen molar-refractivity contribution >= 4 is 43.4 Å². The number of hydrogen-bond donors (Lipinski definition) is 0. The Labute approximate surface area is 222 Å². The van der Waals surface area contributed by atoms with E-state index in [-0.39, 0.29) is 28.9 Å². The van der Waals surface area contributed by atoms with Crippen molar-refractivity contribution in [2.75, 3.05) is 13.2 Å². The van der Waals surface area contributed by atoms with E-state index >= 15 is 0 Å². The minimum atomic E-state index is 0. The lowest BCUT2D eigenvalue weighted by molar-refractivity contribution is -0.117. The Morgan fingerprint density at radius 2 is 0.971 bits per heavy atom. The number of halogens is 2. The van der Waals surface area contributed by atoms with E-state index in [1.54, 1.807) is 0 Å². The molecule has 35 heavy (non-hydrogen) atoms. The van der Waals surface area contributed by atoms with Crippen molar-refractivity contribution in [2.45, 2.75) is 50.4 Å². The Morgan fingerprint density at radius 1 is 0.600 bits per heavy atom. The van der Waals surface area contributed by atoms with Gasteiger partial charge in [-0.2, -0.15) is 0 Å². The highest BCUT2D eigenvalue weighted by atomic mass is 79.9. The van der Waals surface area contributed by atoms with Gasteiger partial charge in [-0.3, -0.25) is 9.59 Å². The number of ketones is 2. The first kappa shape index (κ1) is 25.9. The van der Waals surface area contributed by atoms with Crippen LogP contribution in [0.15, 0.2) is 80.1 Å². The van der Waals surface area contributed by atoms with Gasteiger partial charge in [-0.05, 0) is 48.2 Å². The van der Waals surface area contributed by atoms with Crippen LogP contribution in [0.2, 0.25) is 0 Å². The van der Waals surface area contributed by atoms with Gasteiger partial charge in [0.05, 0.1) is 13.2 Å². The molecule has 0 aromatic heterocycles. The molecule has 0 fully saturated rings. The van der Waals surface area contributed by atoms with E-state index in [9.17, 15) is 9.59 Å². The van der Waals surface area contributed by atoms with Crippen molar-refractivity contribution < 1.29 is 24.5 Å². The van der Waals surface area contributed by atoms with Gasteiger partial charge in [0.2, 0.25) is 0 Å². The maximum atomic E-state index is 11.8. The molecule has 6 rings (SSSR count). The van der Waals surface area contributed by atoms with Gasteiger partial charge in [0.25, 0.3) is 0 Å². The normalized spacial score (nSPS) is 22.9. The lowest BCUT2D eigenvalue weighted by Crippen LogP contribution is -2.16. The number of Topliss-reactive ketones (excluding diaryl/α,β-unsaturated/α-hetero) is 2. The summed E-state index contributed by atoms with van der Waals surface area (Å²) < 4.78 is 13.5. The van der Waals surface area contributed by atoms with E-state index in [0.29, 0.717) is 26.1 Å². The van der Waals surface area contributed by atoms with Crippen LogP contribution in [-0.4, -0.2) is 30.3 Å². The van der Waals surface area contributed by atoms with Gasteiger partial charge in [0.1, 0.15) is 11.5 Å². The smallest absolute Gasteiger partial charge is 0.162 e. The minimum Gasteiger partial charge on any atom is -0.497 e. The number of carbonyl (C=O) groups is 2. The summed E-state index contributed by atoms with van der Waals surface area (Å²) in [6.07, 6.45) is 4.65. The maximum absolute atomic E-state index is 11.8. The van der Waals surface area contributed by atoms with Crippen LogP contribution < -0.4 is 0 Å². The highest BCUT2D eigenvalue weighted by Gasteiger charge is 2.35. The second-order valence-electron chi connectivity index (χ2n) is 9.01. The molecule has 0 bridgehead atoms. The van der Waals surface area contributed by atoms with E-state index < -0.39 is 0 Å². The largest absolute Gasteiger partial charge is 0.497 e. The van der Waals surface area contributed by atoms with Crippen LogP contribution in [0.3, 0.4) is 0 Å². The number of ether oxygens (including phenoxy) is 2. The number of benzene rings is 2. The average Bonchev–Trinajstić information content (AvgIpc) is 3.53. The topological polar surface area (TPSA) is 84.1 Å². The van der Waals surface area contributed by atoms with Crippen molar-refractivity contribution in [3.8, 4) is 0 Å². The number of hydrogen-bond acceptors (Lipinski definition) is 4. The van der Waals surface area contributed by atoms with Gasteiger partial charge in [0.15, 0.2) is 11.6 Å². The number of carbonyl (C=O) groups excluding carboxylic acids is 2. The van der Waals surface area contributed by atoms with Crippen LogP contribution in [0.25, 0.3) is 0 Å². The first-order valence-corrected chi connectivity index (χ1v) is 13.4. The Kier molecular flexibility index (Phi) is 8.30. The highest BCUT2D eigenvalue weighted by molar-refractivity contribution is 9.10. The fourth-order valence-corrected chi connectivity index (χ4v) is 5.79. The molecule has 0 saturated carbocycles. The summed E-state index contributed by atoms with van der Waals surface area (Å²) in [6.45, 7) is 1.34. The van der Waals surface area contributed by atoms with Crippen LogP contribution in [0.1, 0.15) is 61.5 Å². The van der Waals surface area contributed by atoms with E-state index in [1.165, 1.54) is 11.1 Å². The SMILES string of the molecule is O.O=C1CC[C@H](c2ccc(Br)cc2)C2=C1CCO2.O=C1CC[C@H](c2ccc(Br)cc2)C2=C1CCO2. The maximum Gasteiger partial charge on any atom is 0.162 e. The molecule has 0 radical (unpaired) electrons. The van der Waals surface area contributed by atoms with Gasteiger partial charge in [-0.1, -0.05) is 56.1 Å². The van der Waals surface area contributed by atoms with E-state index in [2.05, 4.69) is 56.1 Å². The zero-order valence-electron chi connectivity index (χ0n) is 19.3. The Morgan fingerprint density at radius 3 is 1.34 bits per heavy atom. The first-order valence-electron chi connectivity index (χ1n) is 11.8. The van der Waals surface area contributed by atoms with Crippen LogP contribution >= 0.6 is 31.9 Å². The van der Waals surface area contributed by atoms with Gasteiger partial charge in [-0.25, -0.2) is 0 Å². The Balaban J connectivity index is 0.000000160. The summed E-state index contributed by atoms with van der Waals surface area (Å²) in [4.78, 5) is 23.5. The molecule has 2 aromatic rings. The van der Waals surface area contributed by atoms with Crippen molar-refractivity contribution in [3.05, 3.63) is 91.3 Å². The molecule has 2 atom stereocenters. The van der Waals surface area contributed by atoms with E-state index in [4.69, 9.17) is 9.47 Å². The number of rotatable bonds is 2. The lowest BCUT2D eigenvalue weighted by atomic mass is 9.83.